The molecule has 1 aliphatic heterocycles. The summed E-state index contributed by atoms with van der Waals surface area (Å²) in [6, 6.07) is 11.9. The van der Waals surface area contributed by atoms with Gasteiger partial charge in [-0.3, -0.25) is 4.79 Å². The minimum Gasteiger partial charge on any atom is -0.480 e. The standard InChI is InChI=1S/C30H29ClF4N2O5S/c1-43(39,40)18-9-7-17(8-10-18)37-15-30(16-5-3-2-4-6-16)14-20-23(42-30)13-21(32)26(31)24(20)25-19(28(36)38)11-12-22(27(25)33)41-29(34)35/h2-6,11-13,17-18,29,37H,7-10,14-15H2,1H3,(H2,36,38)/t17-,18-,30-/m1/s1. The molecular weight excluding hydrogens is 612 g/mol. The van der Waals surface area contributed by atoms with E-state index in [1.165, 1.54) is 6.26 Å². The number of nitrogens with two attached hydrogens (primary N) is 1. The lowest BCUT2D eigenvalue weighted by atomic mass is 9.84. The molecule has 3 aromatic rings. The number of hydrogen-bond acceptors (Lipinski definition) is 6. The zero-order valence-corrected chi connectivity index (χ0v) is 24.6. The number of benzene rings is 3. The highest BCUT2D eigenvalue weighted by atomic mass is 35.5. The molecule has 0 spiro atoms. The first-order valence-electron chi connectivity index (χ1n) is 13.6. The summed E-state index contributed by atoms with van der Waals surface area (Å²) in [6.07, 6.45) is 3.52. The van der Waals surface area contributed by atoms with Crippen molar-refractivity contribution in [2.75, 3.05) is 12.8 Å². The maximum absolute atomic E-state index is 15.8. The van der Waals surface area contributed by atoms with Crippen molar-refractivity contribution in [1.82, 2.24) is 5.32 Å². The molecule has 230 valence electrons. The highest BCUT2D eigenvalue weighted by molar-refractivity contribution is 7.91. The molecule has 0 bridgehead atoms. The average Bonchev–Trinajstić information content (AvgIpc) is 3.33. The van der Waals surface area contributed by atoms with Crippen molar-refractivity contribution in [3.8, 4) is 22.6 Å². The number of alkyl halides is 2. The Kier molecular flexibility index (Phi) is 8.65. The van der Waals surface area contributed by atoms with Gasteiger partial charge in [0.25, 0.3) is 0 Å². The van der Waals surface area contributed by atoms with Crippen molar-refractivity contribution < 1.29 is 40.2 Å². The molecule has 1 fully saturated rings. The number of fused-ring (bicyclic) bond motifs is 1. The molecule has 3 aromatic carbocycles. The molecular formula is C30H29ClF4N2O5S. The average molecular weight is 641 g/mol. The highest BCUT2D eigenvalue weighted by Gasteiger charge is 2.45. The number of rotatable bonds is 9. The summed E-state index contributed by atoms with van der Waals surface area (Å²) < 4.78 is 91.9. The van der Waals surface area contributed by atoms with Crippen molar-refractivity contribution in [1.29, 1.82) is 0 Å². The number of carbonyl (C=O) groups is 1. The minimum absolute atomic E-state index is 0.0206. The molecule has 7 nitrogen and oxygen atoms in total. The van der Waals surface area contributed by atoms with Gasteiger partial charge in [-0.1, -0.05) is 41.9 Å². The van der Waals surface area contributed by atoms with Crippen LogP contribution in [0.15, 0.2) is 48.5 Å². The second-order valence-electron chi connectivity index (χ2n) is 10.9. The van der Waals surface area contributed by atoms with E-state index in [4.69, 9.17) is 22.1 Å². The van der Waals surface area contributed by atoms with E-state index in [-0.39, 0.29) is 35.9 Å². The van der Waals surface area contributed by atoms with Crippen LogP contribution < -0.4 is 20.5 Å². The van der Waals surface area contributed by atoms with Gasteiger partial charge in [0.15, 0.2) is 17.2 Å². The van der Waals surface area contributed by atoms with Crippen LogP contribution in [0.3, 0.4) is 0 Å². The Hall–Kier alpha value is -3.35. The summed E-state index contributed by atoms with van der Waals surface area (Å²) in [5.74, 6) is -4.28. The predicted octanol–water partition coefficient (Wildman–Crippen LogP) is 5.76. The normalized spacial score (nSPS) is 21.8. The molecule has 2 aliphatic rings. The third-order valence-corrected chi connectivity index (χ3v) is 10.2. The number of hydrogen-bond donors (Lipinski definition) is 2. The smallest absolute Gasteiger partial charge is 0.387 e. The van der Waals surface area contributed by atoms with Gasteiger partial charge in [-0.15, -0.1) is 0 Å². The maximum Gasteiger partial charge on any atom is 0.387 e. The Morgan fingerprint density at radius 3 is 2.40 bits per heavy atom. The van der Waals surface area contributed by atoms with Gasteiger partial charge in [0, 0.05) is 48.0 Å². The number of primary amides is 1. The van der Waals surface area contributed by atoms with Crippen LogP contribution in [-0.4, -0.2) is 45.0 Å². The summed E-state index contributed by atoms with van der Waals surface area (Å²) in [6.45, 7) is -3.17. The van der Waals surface area contributed by atoms with Crippen molar-refractivity contribution in [3.05, 3.63) is 81.9 Å². The van der Waals surface area contributed by atoms with Crippen LogP contribution in [0.2, 0.25) is 5.02 Å². The molecule has 1 saturated carbocycles. The minimum atomic E-state index is -3.37. The molecule has 3 N–H and O–H groups in total. The van der Waals surface area contributed by atoms with Gasteiger partial charge in [0.05, 0.1) is 15.8 Å². The van der Waals surface area contributed by atoms with Gasteiger partial charge in [-0.2, -0.15) is 8.78 Å². The molecule has 5 rings (SSSR count). The molecule has 1 aliphatic carbocycles. The monoisotopic (exact) mass is 640 g/mol. The van der Waals surface area contributed by atoms with Crippen LogP contribution in [0.5, 0.6) is 11.5 Å². The zero-order valence-electron chi connectivity index (χ0n) is 23.0. The van der Waals surface area contributed by atoms with Crippen LogP contribution in [0.25, 0.3) is 11.1 Å². The van der Waals surface area contributed by atoms with Gasteiger partial charge in [-0.05, 0) is 43.4 Å². The fourth-order valence-corrected chi connectivity index (χ4v) is 7.39. The second-order valence-corrected chi connectivity index (χ2v) is 13.6. The van der Waals surface area contributed by atoms with Gasteiger partial charge >= 0.3 is 6.61 Å². The van der Waals surface area contributed by atoms with E-state index in [1.54, 1.807) is 12.1 Å². The van der Waals surface area contributed by atoms with E-state index in [0.717, 1.165) is 18.2 Å². The number of amides is 1. The van der Waals surface area contributed by atoms with Crippen LogP contribution in [-0.2, 0) is 21.9 Å². The van der Waals surface area contributed by atoms with E-state index in [0.29, 0.717) is 31.2 Å². The topological polar surface area (TPSA) is 108 Å². The molecule has 1 amide bonds. The quantitative estimate of drug-likeness (QED) is 0.288. The number of halogens is 5. The first kappa shape index (κ1) is 31.1. The van der Waals surface area contributed by atoms with E-state index in [1.807, 2.05) is 18.2 Å². The molecule has 43 heavy (non-hydrogen) atoms. The van der Waals surface area contributed by atoms with E-state index in [2.05, 4.69) is 10.1 Å². The summed E-state index contributed by atoms with van der Waals surface area (Å²) in [5.41, 5.74) is 4.06. The maximum atomic E-state index is 15.8. The number of ether oxygens (including phenoxy) is 2. The SMILES string of the molecule is CS(=O)(=O)[C@H]1CC[C@H](NC[C@@]2(c3ccccc3)Cc3c(cc(F)c(Cl)c3-c3c(C(N)=O)ccc(OC(F)F)c3F)O2)CC1. The molecule has 1 atom stereocenters. The highest BCUT2D eigenvalue weighted by Crippen LogP contribution is 2.50. The number of nitrogens with one attached hydrogen (secondary N) is 1. The first-order valence-corrected chi connectivity index (χ1v) is 15.9. The molecule has 13 heteroatoms. The molecule has 1 heterocycles. The van der Waals surface area contributed by atoms with Gasteiger partial charge < -0.3 is 20.5 Å². The summed E-state index contributed by atoms with van der Waals surface area (Å²) in [5, 5.41) is 2.53. The van der Waals surface area contributed by atoms with Gasteiger partial charge in [0.2, 0.25) is 5.91 Å². The third-order valence-electron chi connectivity index (χ3n) is 8.15. The summed E-state index contributed by atoms with van der Waals surface area (Å²) in [4.78, 5) is 12.3. The molecule has 0 radical (unpaired) electrons. The third kappa shape index (κ3) is 6.18. The van der Waals surface area contributed by atoms with Crippen molar-refractivity contribution in [2.45, 2.75) is 55.6 Å². The summed E-state index contributed by atoms with van der Waals surface area (Å²) in [7, 11) is -3.15. The Bertz CT molecular complexity index is 1650. The lowest BCUT2D eigenvalue weighted by Crippen LogP contribution is -2.47. The first-order chi connectivity index (χ1) is 20.3. The van der Waals surface area contributed by atoms with Crippen LogP contribution in [0, 0.1) is 11.6 Å². The van der Waals surface area contributed by atoms with E-state index < -0.39 is 66.7 Å². The predicted molar refractivity (Wildman–Crippen MR) is 153 cm³/mol. The lowest BCUT2D eigenvalue weighted by Gasteiger charge is -2.34. The zero-order chi connectivity index (χ0) is 31.1. The number of sulfone groups is 1. The fraction of sp³-hybridized carbons (Fsp3) is 0.367. The van der Waals surface area contributed by atoms with E-state index >= 15 is 8.78 Å². The summed E-state index contributed by atoms with van der Waals surface area (Å²) >= 11 is 6.40. The van der Waals surface area contributed by atoms with Gasteiger partial charge in [-0.25, -0.2) is 17.2 Å². The fourth-order valence-electron chi connectivity index (χ4n) is 6.00. The second kappa shape index (κ2) is 12.0. The van der Waals surface area contributed by atoms with E-state index in [9.17, 15) is 22.0 Å². The number of carbonyl (C=O) groups excluding carboxylic acids is 1. The largest absolute Gasteiger partial charge is 0.480 e. The Labute approximate surface area is 251 Å². The molecule has 0 saturated heterocycles. The van der Waals surface area contributed by atoms with Gasteiger partial charge in [0.1, 0.15) is 21.4 Å². The van der Waals surface area contributed by atoms with Crippen LogP contribution in [0.1, 0.15) is 47.2 Å². The van der Waals surface area contributed by atoms with Crippen molar-refractivity contribution >= 4 is 27.3 Å². The Morgan fingerprint density at radius 2 is 1.79 bits per heavy atom. The Balaban J connectivity index is 1.57. The van der Waals surface area contributed by atoms with Crippen LogP contribution >= 0.6 is 11.6 Å². The van der Waals surface area contributed by atoms with Crippen molar-refractivity contribution in [3.63, 3.8) is 0 Å². The molecule has 0 unspecified atom stereocenters. The lowest BCUT2D eigenvalue weighted by molar-refractivity contribution is -0.0521. The Morgan fingerprint density at radius 1 is 1.12 bits per heavy atom. The van der Waals surface area contributed by atoms with Crippen molar-refractivity contribution in [2.24, 2.45) is 5.73 Å². The molecule has 0 aromatic heterocycles. The van der Waals surface area contributed by atoms with Crippen LogP contribution in [0.4, 0.5) is 17.6 Å².